The minimum atomic E-state index is -0.597. The maximum absolute atomic E-state index is 13.0. The first-order valence-electron chi connectivity index (χ1n) is 8.29. The Bertz CT molecular complexity index is 417. The van der Waals surface area contributed by atoms with Crippen molar-refractivity contribution in [1.29, 1.82) is 0 Å². The molecule has 1 aliphatic carbocycles. The number of hydrogen-bond donors (Lipinski definition) is 1. The monoisotopic (exact) mass is 294 g/mol. The molecule has 1 heterocycles. The molecule has 4 heteroatoms. The highest BCUT2D eigenvalue weighted by Crippen LogP contribution is 2.36. The van der Waals surface area contributed by atoms with E-state index in [2.05, 4.69) is 26.1 Å². The predicted molar refractivity (Wildman–Crippen MR) is 83.8 cm³/mol. The van der Waals surface area contributed by atoms with Gasteiger partial charge < -0.3 is 10.2 Å². The van der Waals surface area contributed by atoms with Crippen LogP contribution >= 0.6 is 0 Å². The molecule has 1 N–H and O–H groups in total. The van der Waals surface area contributed by atoms with Crippen LogP contribution in [0, 0.1) is 11.3 Å². The molecule has 2 aliphatic rings. The van der Waals surface area contributed by atoms with Gasteiger partial charge in [-0.05, 0) is 30.6 Å². The van der Waals surface area contributed by atoms with Crippen LogP contribution in [-0.4, -0.2) is 34.8 Å². The van der Waals surface area contributed by atoms with E-state index in [-0.39, 0.29) is 29.2 Å². The molecule has 0 aromatic carbocycles. The van der Waals surface area contributed by atoms with Crippen molar-refractivity contribution in [2.45, 2.75) is 78.3 Å². The molecule has 0 aromatic heterocycles. The lowest BCUT2D eigenvalue weighted by atomic mass is 9.85. The van der Waals surface area contributed by atoms with Gasteiger partial charge in [0.2, 0.25) is 11.8 Å². The Morgan fingerprint density at radius 2 is 1.81 bits per heavy atom. The molecule has 1 unspecified atom stereocenters. The zero-order chi connectivity index (χ0) is 15.8. The summed E-state index contributed by atoms with van der Waals surface area (Å²) in [7, 11) is 0. The topological polar surface area (TPSA) is 49.4 Å². The van der Waals surface area contributed by atoms with Crippen molar-refractivity contribution in [3.05, 3.63) is 0 Å². The molecule has 0 aromatic rings. The van der Waals surface area contributed by atoms with E-state index in [4.69, 9.17) is 0 Å². The molecule has 1 aliphatic heterocycles. The van der Waals surface area contributed by atoms with E-state index >= 15 is 0 Å². The largest absolute Gasteiger partial charge is 0.340 e. The Kier molecular flexibility index (Phi) is 4.36. The average molecular weight is 294 g/mol. The fourth-order valence-corrected chi connectivity index (χ4v) is 3.58. The lowest BCUT2D eigenvalue weighted by molar-refractivity contribution is -0.157. The van der Waals surface area contributed by atoms with E-state index in [1.807, 2.05) is 18.7 Å². The molecular weight excluding hydrogens is 264 g/mol. The second-order valence-electron chi connectivity index (χ2n) is 8.28. The highest BCUT2D eigenvalue weighted by atomic mass is 16.2. The van der Waals surface area contributed by atoms with E-state index in [0.29, 0.717) is 6.54 Å². The fourth-order valence-electron chi connectivity index (χ4n) is 3.58. The van der Waals surface area contributed by atoms with Crippen LogP contribution < -0.4 is 5.32 Å². The molecule has 21 heavy (non-hydrogen) atoms. The maximum atomic E-state index is 13.0. The van der Waals surface area contributed by atoms with Crippen LogP contribution in [0.2, 0.25) is 0 Å². The van der Waals surface area contributed by atoms with Crippen LogP contribution in [0.5, 0.6) is 0 Å². The molecule has 1 atom stereocenters. The Labute approximate surface area is 128 Å². The van der Waals surface area contributed by atoms with Gasteiger partial charge in [-0.15, -0.1) is 0 Å². The van der Waals surface area contributed by atoms with Crippen molar-refractivity contribution in [3.63, 3.8) is 0 Å². The van der Waals surface area contributed by atoms with Gasteiger partial charge in [-0.2, -0.15) is 0 Å². The zero-order valence-corrected chi connectivity index (χ0v) is 14.2. The number of carbonyl (C=O) groups excluding carboxylic acids is 2. The molecule has 2 rings (SSSR count). The van der Waals surface area contributed by atoms with Crippen molar-refractivity contribution in [3.8, 4) is 0 Å². The van der Waals surface area contributed by atoms with Crippen molar-refractivity contribution >= 4 is 11.8 Å². The lowest BCUT2D eigenvalue weighted by Gasteiger charge is -2.46. The molecule has 1 spiro atoms. The number of hydrogen-bond acceptors (Lipinski definition) is 2. The third kappa shape index (κ3) is 3.24. The number of nitrogens with zero attached hydrogens (tertiary/aromatic N) is 1. The maximum Gasteiger partial charge on any atom is 0.249 e. The van der Waals surface area contributed by atoms with Gasteiger partial charge in [0.1, 0.15) is 11.6 Å². The summed E-state index contributed by atoms with van der Waals surface area (Å²) < 4.78 is 0. The molecule has 0 bridgehead atoms. The predicted octanol–water partition coefficient (Wildman–Crippen LogP) is 2.72. The second kappa shape index (κ2) is 5.62. The molecule has 2 fully saturated rings. The third-order valence-electron chi connectivity index (χ3n) is 4.83. The van der Waals surface area contributed by atoms with Crippen LogP contribution in [0.1, 0.15) is 66.7 Å². The number of carbonyl (C=O) groups is 2. The van der Waals surface area contributed by atoms with Gasteiger partial charge in [0.15, 0.2) is 0 Å². The average Bonchev–Trinajstić information content (AvgIpc) is 2.79. The van der Waals surface area contributed by atoms with E-state index in [9.17, 15) is 9.59 Å². The van der Waals surface area contributed by atoms with E-state index in [0.717, 1.165) is 32.1 Å². The summed E-state index contributed by atoms with van der Waals surface area (Å²) >= 11 is 0. The normalized spacial score (nSPS) is 25.8. The number of nitrogens with one attached hydrogen (secondary N) is 1. The van der Waals surface area contributed by atoms with E-state index in [1.165, 1.54) is 0 Å². The van der Waals surface area contributed by atoms with Gasteiger partial charge in [-0.25, -0.2) is 0 Å². The SMILES string of the molecule is CC(C)C1C(=O)NC2(CCCC2)C(=O)N1CCC(C)(C)C. The summed E-state index contributed by atoms with van der Waals surface area (Å²) in [6, 6.07) is -0.314. The van der Waals surface area contributed by atoms with Crippen LogP contribution in [0.4, 0.5) is 0 Å². The summed E-state index contributed by atoms with van der Waals surface area (Å²) in [4.78, 5) is 27.5. The zero-order valence-electron chi connectivity index (χ0n) is 14.2. The van der Waals surface area contributed by atoms with Gasteiger partial charge >= 0.3 is 0 Å². The van der Waals surface area contributed by atoms with Crippen molar-refractivity contribution < 1.29 is 9.59 Å². The van der Waals surface area contributed by atoms with Gasteiger partial charge in [0, 0.05) is 6.54 Å². The lowest BCUT2D eigenvalue weighted by Crippen LogP contribution is -2.70. The van der Waals surface area contributed by atoms with E-state index < -0.39 is 5.54 Å². The molecule has 1 saturated heterocycles. The van der Waals surface area contributed by atoms with Crippen LogP contribution in [-0.2, 0) is 9.59 Å². The first-order chi connectivity index (χ1) is 9.66. The Morgan fingerprint density at radius 1 is 1.24 bits per heavy atom. The Morgan fingerprint density at radius 3 is 2.29 bits per heavy atom. The van der Waals surface area contributed by atoms with Gasteiger partial charge in [0.05, 0.1) is 0 Å². The molecule has 120 valence electrons. The first kappa shape index (κ1) is 16.3. The quantitative estimate of drug-likeness (QED) is 0.870. The summed E-state index contributed by atoms with van der Waals surface area (Å²) in [6.45, 7) is 11.3. The van der Waals surface area contributed by atoms with Gasteiger partial charge in [-0.1, -0.05) is 47.5 Å². The Balaban J connectivity index is 2.24. The summed E-state index contributed by atoms with van der Waals surface area (Å²) in [5, 5.41) is 3.07. The number of piperazine rings is 1. The molecule has 0 radical (unpaired) electrons. The third-order valence-corrected chi connectivity index (χ3v) is 4.83. The van der Waals surface area contributed by atoms with Crippen molar-refractivity contribution in [2.75, 3.05) is 6.54 Å². The summed E-state index contributed by atoms with van der Waals surface area (Å²) in [5.74, 6) is 0.343. The van der Waals surface area contributed by atoms with Crippen LogP contribution in [0.15, 0.2) is 0 Å². The smallest absolute Gasteiger partial charge is 0.249 e. The first-order valence-corrected chi connectivity index (χ1v) is 8.29. The van der Waals surface area contributed by atoms with Crippen molar-refractivity contribution in [1.82, 2.24) is 10.2 Å². The fraction of sp³-hybridized carbons (Fsp3) is 0.882. The minimum absolute atomic E-state index is 0.0420. The summed E-state index contributed by atoms with van der Waals surface area (Å²) in [5.41, 5.74) is -0.432. The molecule has 1 saturated carbocycles. The standard InChI is InChI=1S/C17H30N2O2/c1-12(2)13-14(20)18-17(8-6-7-9-17)15(21)19(13)11-10-16(3,4)5/h12-13H,6-11H2,1-5H3,(H,18,20). The van der Waals surface area contributed by atoms with Gasteiger partial charge in [0.25, 0.3) is 0 Å². The molecular formula is C17H30N2O2. The highest BCUT2D eigenvalue weighted by molar-refractivity contribution is 6.00. The summed E-state index contributed by atoms with van der Waals surface area (Å²) in [6.07, 6.45) is 4.59. The van der Waals surface area contributed by atoms with Gasteiger partial charge in [-0.3, -0.25) is 9.59 Å². The van der Waals surface area contributed by atoms with E-state index in [1.54, 1.807) is 0 Å². The highest BCUT2D eigenvalue weighted by Gasteiger charge is 2.52. The molecule has 4 nitrogen and oxygen atoms in total. The van der Waals surface area contributed by atoms with Crippen LogP contribution in [0.3, 0.4) is 0 Å². The minimum Gasteiger partial charge on any atom is -0.340 e. The number of amides is 2. The van der Waals surface area contributed by atoms with Crippen LogP contribution in [0.25, 0.3) is 0 Å². The number of rotatable bonds is 3. The van der Waals surface area contributed by atoms with Crippen molar-refractivity contribution in [2.24, 2.45) is 11.3 Å². The second-order valence-corrected chi connectivity index (χ2v) is 8.28. The Hall–Kier alpha value is -1.06. The molecule has 2 amide bonds.